The van der Waals surface area contributed by atoms with E-state index in [2.05, 4.69) is 4.98 Å². The van der Waals surface area contributed by atoms with Crippen LogP contribution < -0.4 is 5.73 Å². The van der Waals surface area contributed by atoms with Gasteiger partial charge < -0.3 is 15.3 Å². The number of nitrogens with zero attached hydrogens (tertiary/aromatic N) is 2. The predicted molar refractivity (Wildman–Crippen MR) is 133 cm³/mol. The van der Waals surface area contributed by atoms with Crippen LogP contribution in [0.5, 0.6) is 0 Å². The first-order valence-electron chi connectivity index (χ1n) is 11.5. The van der Waals surface area contributed by atoms with Gasteiger partial charge in [0.1, 0.15) is 11.6 Å². The zero-order valence-electron chi connectivity index (χ0n) is 20.5. The number of rotatable bonds is 11. The number of aliphatic hydroxyl groups is 1. The van der Waals surface area contributed by atoms with Crippen LogP contribution in [0.2, 0.25) is 0 Å². The Bertz CT molecular complexity index is 1310. The fourth-order valence-corrected chi connectivity index (χ4v) is 4.79. The maximum absolute atomic E-state index is 13.4. The lowest BCUT2D eigenvalue weighted by Crippen LogP contribution is -2.31. The van der Waals surface area contributed by atoms with Crippen LogP contribution in [0.3, 0.4) is 0 Å². The first kappa shape index (κ1) is 26.8. The van der Waals surface area contributed by atoms with Crippen molar-refractivity contribution in [2.75, 3.05) is 12.8 Å². The molecule has 1 amide bonds. The number of aromatic nitrogens is 1. The molecular formula is C25H32FN3O5S. The number of unbranched alkanes of at least 4 members (excludes halogenated alkanes) is 1. The lowest BCUT2D eigenvalue weighted by molar-refractivity contribution is 0.0678. The molecule has 0 spiro atoms. The molecule has 3 rings (SSSR count). The highest BCUT2D eigenvalue weighted by atomic mass is 32.2. The molecule has 10 heteroatoms. The fourth-order valence-electron chi connectivity index (χ4n) is 3.97. The van der Waals surface area contributed by atoms with Crippen molar-refractivity contribution in [3.05, 3.63) is 53.0 Å². The van der Waals surface area contributed by atoms with Crippen LogP contribution in [0.4, 0.5) is 4.39 Å². The van der Waals surface area contributed by atoms with E-state index in [0.717, 1.165) is 11.8 Å². The van der Waals surface area contributed by atoms with E-state index in [1.54, 1.807) is 19.9 Å². The Hall–Kier alpha value is -2.82. The molecule has 8 nitrogen and oxygen atoms in total. The average molecular weight is 506 g/mol. The highest BCUT2D eigenvalue weighted by Crippen LogP contribution is 2.34. The normalized spacial score (nSPS) is 12.5. The molecule has 190 valence electrons. The van der Waals surface area contributed by atoms with E-state index in [-0.39, 0.29) is 30.1 Å². The second kappa shape index (κ2) is 10.4. The lowest BCUT2D eigenvalue weighted by atomic mass is 10.0. The molecule has 2 aromatic heterocycles. The van der Waals surface area contributed by atoms with Crippen molar-refractivity contribution in [3.8, 4) is 11.3 Å². The highest BCUT2D eigenvalue weighted by Gasteiger charge is 2.25. The second-order valence-corrected chi connectivity index (χ2v) is 11.3. The number of halogens is 1. The predicted octanol–water partition coefficient (Wildman–Crippen LogP) is 4.00. The molecule has 0 radical (unpaired) electrons. The molecule has 0 unspecified atom stereocenters. The van der Waals surface area contributed by atoms with Gasteiger partial charge in [-0.05, 0) is 75.4 Å². The van der Waals surface area contributed by atoms with Gasteiger partial charge in [0.25, 0.3) is 5.91 Å². The van der Waals surface area contributed by atoms with E-state index in [1.807, 2.05) is 6.92 Å². The monoisotopic (exact) mass is 505 g/mol. The molecule has 2 heterocycles. The van der Waals surface area contributed by atoms with E-state index < -0.39 is 27.3 Å². The quantitative estimate of drug-likeness (QED) is 0.379. The van der Waals surface area contributed by atoms with Crippen molar-refractivity contribution in [2.24, 2.45) is 5.73 Å². The van der Waals surface area contributed by atoms with Crippen LogP contribution in [-0.4, -0.2) is 47.1 Å². The van der Waals surface area contributed by atoms with Crippen LogP contribution in [0.25, 0.3) is 22.4 Å². The SMILES string of the molecule is CCc1cc2c(C(N)=O)c(-c3ccc(F)cc3)oc2nc1CN(CCCCC(C)(C)O)S(C)(=O)=O. The number of amides is 1. The lowest BCUT2D eigenvalue weighted by Gasteiger charge is -2.22. The minimum atomic E-state index is -3.53. The average Bonchev–Trinajstić information content (AvgIpc) is 3.12. The Morgan fingerprint density at radius 3 is 2.43 bits per heavy atom. The molecule has 1 aromatic carbocycles. The number of carbonyl (C=O) groups is 1. The third-order valence-electron chi connectivity index (χ3n) is 5.83. The first-order chi connectivity index (χ1) is 16.3. The van der Waals surface area contributed by atoms with Gasteiger partial charge in [0.2, 0.25) is 15.7 Å². The minimum Gasteiger partial charge on any atom is -0.437 e. The molecule has 0 bridgehead atoms. The summed E-state index contributed by atoms with van der Waals surface area (Å²) in [6.45, 7) is 5.67. The Balaban J connectivity index is 2.00. The molecule has 3 N–H and O–H groups in total. The van der Waals surface area contributed by atoms with Gasteiger partial charge >= 0.3 is 0 Å². The third-order valence-corrected chi connectivity index (χ3v) is 7.08. The van der Waals surface area contributed by atoms with Crippen molar-refractivity contribution < 1.29 is 27.1 Å². The number of fused-ring (bicyclic) bond motifs is 1. The number of hydrogen-bond donors (Lipinski definition) is 2. The zero-order valence-corrected chi connectivity index (χ0v) is 21.3. The van der Waals surface area contributed by atoms with Crippen LogP contribution in [-0.2, 0) is 23.0 Å². The number of carbonyl (C=O) groups excluding carboxylic acids is 1. The van der Waals surface area contributed by atoms with Gasteiger partial charge in [0.15, 0.2) is 0 Å². The van der Waals surface area contributed by atoms with Crippen molar-refractivity contribution in [3.63, 3.8) is 0 Å². The van der Waals surface area contributed by atoms with Gasteiger partial charge in [0, 0.05) is 12.1 Å². The molecule has 0 saturated heterocycles. The summed E-state index contributed by atoms with van der Waals surface area (Å²) in [4.78, 5) is 16.9. The summed E-state index contributed by atoms with van der Waals surface area (Å²) in [6.07, 6.45) is 3.51. The Morgan fingerprint density at radius 2 is 1.89 bits per heavy atom. The van der Waals surface area contributed by atoms with Crippen LogP contribution >= 0.6 is 0 Å². The third kappa shape index (κ3) is 6.65. The molecule has 0 saturated carbocycles. The minimum absolute atomic E-state index is 0.0406. The summed E-state index contributed by atoms with van der Waals surface area (Å²) >= 11 is 0. The van der Waals surface area contributed by atoms with Gasteiger partial charge in [-0.1, -0.05) is 6.92 Å². The summed E-state index contributed by atoms with van der Waals surface area (Å²) in [6, 6.07) is 7.24. The van der Waals surface area contributed by atoms with Crippen LogP contribution in [0, 0.1) is 5.82 Å². The molecule has 0 aliphatic carbocycles. The Kier molecular flexibility index (Phi) is 7.98. The summed E-state index contributed by atoms with van der Waals surface area (Å²) < 4.78 is 45.6. The molecule has 0 atom stereocenters. The van der Waals surface area contributed by atoms with E-state index >= 15 is 0 Å². The van der Waals surface area contributed by atoms with Crippen molar-refractivity contribution >= 4 is 27.0 Å². The molecule has 0 fully saturated rings. The van der Waals surface area contributed by atoms with Gasteiger partial charge in [-0.25, -0.2) is 17.8 Å². The van der Waals surface area contributed by atoms with Crippen molar-refractivity contribution in [2.45, 2.75) is 58.6 Å². The summed E-state index contributed by atoms with van der Waals surface area (Å²) in [5.41, 5.74) is 6.90. The largest absolute Gasteiger partial charge is 0.437 e. The van der Waals surface area contributed by atoms with Gasteiger partial charge in [-0.2, -0.15) is 4.31 Å². The van der Waals surface area contributed by atoms with E-state index in [4.69, 9.17) is 10.2 Å². The Morgan fingerprint density at radius 1 is 1.23 bits per heavy atom. The topological polar surface area (TPSA) is 127 Å². The number of primary amides is 1. The number of furan rings is 1. The maximum Gasteiger partial charge on any atom is 0.253 e. The van der Waals surface area contributed by atoms with Gasteiger partial charge in [-0.3, -0.25) is 4.79 Å². The highest BCUT2D eigenvalue weighted by molar-refractivity contribution is 7.88. The molecule has 0 aliphatic heterocycles. The van der Waals surface area contributed by atoms with Gasteiger partial charge in [-0.15, -0.1) is 0 Å². The molecule has 35 heavy (non-hydrogen) atoms. The zero-order chi connectivity index (χ0) is 26.0. The number of sulfonamides is 1. The smallest absolute Gasteiger partial charge is 0.253 e. The summed E-state index contributed by atoms with van der Waals surface area (Å²) in [5.74, 6) is -0.947. The van der Waals surface area contributed by atoms with Crippen LogP contribution in [0.15, 0.2) is 34.7 Å². The Labute approximate surface area is 205 Å². The fraction of sp³-hybridized carbons (Fsp3) is 0.440. The molecular weight excluding hydrogens is 473 g/mol. The molecule has 0 aliphatic rings. The first-order valence-corrected chi connectivity index (χ1v) is 13.3. The number of benzene rings is 1. The van der Waals surface area contributed by atoms with E-state index in [0.29, 0.717) is 42.3 Å². The van der Waals surface area contributed by atoms with Crippen molar-refractivity contribution in [1.29, 1.82) is 0 Å². The number of hydrogen-bond acceptors (Lipinski definition) is 6. The summed E-state index contributed by atoms with van der Waals surface area (Å²) in [5, 5.41) is 10.3. The van der Waals surface area contributed by atoms with Gasteiger partial charge in [0.05, 0.1) is 35.0 Å². The van der Waals surface area contributed by atoms with E-state index in [9.17, 15) is 22.7 Å². The number of pyridine rings is 1. The standard InChI is InChI=1S/C25H32FN3O5S/c1-5-16-14-19-21(23(27)30)22(17-8-10-18(26)11-9-17)34-24(19)28-20(16)15-29(35(4,32)33)13-7-6-12-25(2,3)31/h8-11,14,31H,5-7,12-13,15H2,1-4H3,(H2,27,30). The maximum atomic E-state index is 13.4. The summed E-state index contributed by atoms with van der Waals surface area (Å²) in [7, 11) is -3.53. The van der Waals surface area contributed by atoms with E-state index in [1.165, 1.54) is 28.6 Å². The van der Waals surface area contributed by atoms with Crippen molar-refractivity contribution in [1.82, 2.24) is 9.29 Å². The molecule has 3 aromatic rings. The van der Waals surface area contributed by atoms with Crippen LogP contribution in [0.1, 0.15) is 61.6 Å². The number of aryl methyl sites for hydroxylation is 1. The second-order valence-electron chi connectivity index (χ2n) is 9.34. The number of nitrogens with two attached hydrogens (primary N) is 1.